The topological polar surface area (TPSA) is 52.0 Å². The van der Waals surface area contributed by atoms with E-state index < -0.39 is 0 Å². The lowest BCUT2D eigenvalue weighted by Gasteiger charge is -1.90. The van der Waals surface area contributed by atoms with Crippen LogP contribution < -0.4 is 11.5 Å². The zero-order valence-corrected chi connectivity index (χ0v) is 7.36. The predicted molar refractivity (Wildman–Crippen MR) is 49.8 cm³/mol. The predicted octanol–water partition coefficient (Wildman–Crippen LogP) is 0.750. The summed E-state index contributed by atoms with van der Waals surface area (Å²) in [6.07, 6.45) is 1.98. The Kier molecular flexibility index (Phi) is 3.56. The van der Waals surface area contributed by atoms with Crippen molar-refractivity contribution in [3.05, 3.63) is 21.9 Å². The number of rotatable bonds is 4. The molecular weight excluding hydrogens is 156 g/mol. The Hall–Kier alpha value is -0.380. The first kappa shape index (κ1) is 8.71. The van der Waals surface area contributed by atoms with Crippen LogP contribution in [-0.4, -0.2) is 13.1 Å². The van der Waals surface area contributed by atoms with Gasteiger partial charge in [-0.3, -0.25) is 0 Å². The second kappa shape index (κ2) is 4.49. The SMILES string of the molecule is NCCc1csc(CCN)c1. The molecule has 1 rings (SSSR count). The highest BCUT2D eigenvalue weighted by Gasteiger charge is 1.97. The summed E-state index contributed by atoms with van der Waals surface area (Å²) in [4.78, 5) is 1.37. The van der Waals surface area contributed by atoms with E-state index in [4.69, 9.17) is 11.5 Å². The van der Waals surface area contributed by atoms with Crippen LogP contribution in [0.4, 0.5) is 0 Å². The maximum atomic E-state index is 5.43. The van der Waals surface area contributed by atoms with Gasteiger partial charge in [0.25, 0.3) is 0 Å². The maximum Gasteiger partial charge on any atom is 0.00606 e. The van der Waals surface area contributed by atoms with E-state index in [2.05, 4.69) is 11.4 Å². The first-order valence-electron chi connectivity index (χ1n) is 3.83. The van der Waals surface area contributed by atoms with Crippen LogP contribution in [0.15, 0.2) is 11.4 Å². The lowest BCUT2D eigenvalue weighted by Crippen LogP contribution is -2.02. The second-order valence-electron chi connectivity index (χ2n) is 2.50. The van der Waals surface area contributed by atoms with Gasteiger partial charge in [-0.1, -0.05) is 0 Å². The molecule has 1 aromatic heterocycles. The van der Waals surface area contributed by atoms with E-state index in [1.165, 1.54) is 10.4 Å². The molecule has 11 heavy (non-hydrogen) atoms. The molecule has 0 aliphatic rings. The number of hydrogen-bond donors (Lipinski definition) is 2. The molecule has 4 N–H and O–H groups in total. The van der Waals surface area contributed by atoms with Crippen LogP contribution in [0, 0.1) is 0 Å². The molecule has 1 heterocycles. The molecule has 0 unspecified atom stereocenters. The molecule has 0 aliphatic carbocycles. The molecular formula is C8H14N2S. The normalized spacial score (nSPS) is 10.4. The zero-order valence-electron chi connectivity index (χ0n) is 6.55. The van der Waals surface area contributed by atoms with E-state index in [0.29, 0.717) is 0 Å². The maximum absolute atomic E-state index is 5.43. The lowest BCUT2D eigenvalue weighted by molar-refractivity contribution is 0.961. The Morgan fingerprint density at radius 1 is 1.18 bits per heavy atom. The average molecular weight is 170 g/mol. The minimum Gasteiger partial charge on any atom is -0.330 e. The first-order valence-corrected chi connectivity index (χ1v) is 4.71. The van der Waals surface area contributed by atoms with Gasteiger partial charge in [0.05, 0.1) is 0 Å². The van der Waals surface area contributed by atoms with Crippen LogP contribution >= 0.6 is 11.3 Å². The highest BCUT2D eigenvalue weighted by atomic mass is 32.1. The second-order valence-corrected chi connectivity index (χ2v) is 3.49. The largest absolute Gasteiger partial charge is 0.330 e. The summed E-state index contributed by atoms with van der Waals surface area (Å²) in [5.41, 5.74) is 12.2. The van der Waals surface area contributed by atoms with Gasteiger partial charge >= 0.3 is 0 Å². The molecule has 0 fully saturated rings. The summed E-state index contributed by atoms with van der Waals surface area (Å²) in [7, 11) is 0. The van der Waals surface area contributed by atoms with Crippen molar-refractivity contribution in [1.29, 1.82) is 0 Å². The highest BCUT2D eigenvalue weighted by Crippen LogP contribution is 2.14. The fraction of sp³-hybridized carbons (Fsp3) is 0.500. The van der Waals surface area contributed by atoms with Gasteiger partial charge in [-0.25, -0.2) is 0 Å². The van der Waals surface area contributed by atoms with Crippen molar-refractivity contribution in [1.82, 2.24) is 0 Å². The van der Waals surface area contributed by atoms with Crippen molar-refractivity contribution in [2.45, 2.75) is 12.8 Å². The van der Waals surface area contributed by atoms with Crippen molar-refractivity contribution in [3.63, 3.8) is 0 Å². The van der Waals surface area contributed by atoms with Crippen LogP contribution in [0.25, 0.3) is 0 Å². The summed E-state index contributed by atoms with van der Waals surface area (Å²) in [6.45, 7) is 1.47. The van der Waals surface area contributed by atoms with E-state index >= 15 is 0 Å². The van der Waals surface area contributed by atoms with Gasteiger partial charge < -0.3 is 11.5 Å². The highest BCUT2D eigenvalue weighted by molar-refractivity contribution is 7.10. The fourth-order valence-electron chi connectivity index (χ4n) is 0.997. The molecule has 0 amide bonds. The van der Waals surface area contributed by atoms with Gasteiger partial charge in [0.15, 0.2) is 0 Å². The Morgan fingerprint density at radius 2 is 1.91 bits per heavy atom. The van der Waals surface area contributed by atoms with Crippen molar-refractivity contribution < 1.29 is 0 Å². The molecule has 0 aliphatic heterocycles. The van der Waals surface area contributed by atoms with E-state index in [0.717, 1.165) is 25.9 Å². The Morgan fingerprint density at radius 3 is 2.55 bits per heavy atom. The third-order valence-corrected chi connectivity index (χ3v) is 2.58. The summed E-state index contributed by atoms with van der Waals surface area (Å²) < 4.78 is 0. The summed E-state index contributed by atoms with van der Waals surface area (Å²) >= 11 is 1.78. The molecule has 0 saturated heterocycles. The van der Waals surface area contributed by atoms with Crippen LogP contribution in [0.3, 0.4) is 0 Å². The van der Waals surface area contributed by atoms with Gasteiger partial charge in [-0.15, -0.1) is 11.3 Å². The molecule has 3 heteroatoms. The van der Waals surface area contributed by atoms with E-state index in [-0.39, 0.29) is 0 Å². The standard InChI is InChI=1S/C8H14N2S/c9-3-1-7-5-8(2-4-10)11-6-7/h5-6H,1-4,9-10H2. The van der Waals surface area contributed by atoms with E-state index in [9.17, 15) is 0 Å². The Bertz CT molecular complexity index is 187. The van der Waals surface area contributed by atoms with Gasteiger partial charge in [-0.05, 0) is 42.9 Å². The Balaban J connectivity index is 2.51. The third kappa shape index (κ3) is 2.61. The van der Waals surface area contributed by atoms with Crippen molar-refractivity contribution in [2.24, 2.45) is 11.5 Å². The van der Waals surface area contributed by atoms with Crippen LogP contribution in [-0.2, 0) is 12.8 Å². The smallest absolute Gasteiger partial charge is 0.00606 e. The minimum atomic E-state index is 0.735. The van der Waals surface area contributed by atoms with Crippen molar-refractivity contribution in [3.8, 4) is 0 Å². The molecule has 0 bridgehead atoms. The molecule has 2 nitrogen and oxygen atoms in total. The molecule has 0 saturated carbocycles. The number of nitrogens with two attached hydrogens (primary N) is 2. The molecule has 1 aromatic rings. The molecule has 0 atom stereocenters. The molecule has 0 spiro atoms. The van der Waals surface area contributed by atoms with Crippen LogP contribution in [0.1, 0.15) is 10.4 Å². The number of hydrogen-bond acceptors (Lipinski definition) is 3. The Labute approximate surface area is 71.2 Å². The van der Waals surface area contributed by atoms with E-state index in [1.807, 2.05) is 0 Å². The van der Waals surface area contributed by atoms with Crippen molar-refractivity contribution >= 4 is 11.3 Å². The molecule has 62 valence electrons. The quantitative estimate of drug-likeness (QED) is 0.700. The van der Waals surface area contributed by atoms with Gasteiger partial charge in [0.2, 0.25) is 0 Å². The van der Waals surface area contributed by atoms with Gasteiger partial charge in [0, 0.05) is 4.88 Å². The summed E-state index contributed by atoms with van der Waals surface area (Å²) in [5.74, 6) is 0. The van der Waals surface area contributed by atoms with E-state index in [1.54, 1.807) is 11.3 Å². The average Bonchev–Trinajstić information content (AvgIpc) is 2.38. The van der Waals surface area contributed by atoms with Gasteiger partial charge in [-0.2, -0.15) is 0 Å². The summed E-state index contributed by atoms with van der Waals surface area (Å²) in [5, 5.41) is 2.16. The first-order chi connectivity index (χ1) is 5.36. The molecule has 0 aromatic carbocycles. The number of thiophene rings is 1. The lowest BCUT2D eigenvalue weighted by atomic mass is 10.2. The minimum absolute atomic E-state index is 0.735. The van der Waals surface area contributed by atoms with Crippen LogP contribution in [0.5, 0.6) is 0 Å². The van der Waals surface area contributed by atoms with Gasteiger partial charge in [0.1, 0.15) is 0 Å². The zero-order chi connectivity index (χ0) is 8.10. The molecule has 0 radical (unpaired) electrons. The van der Waals surface area contributed by atoms with Crippen LogP contribution in [0.2, 0.25) is 0 Å². The van der Waals surface area contributed by atoms with Crippen molar-refractivity contribution in [2.75, 3.05) is 13.1 Å². The third-order valence-electron chi connectivity index (χ3n) is 1.53. The fourth-order valence-corrected chi connectivity index (χ4v) is 1.94. The summed E-state index contributed by atoms with van der Waals surface area (Å²) in [6, 6.07) is 2.20. The monoisotopic (exact) mass is 170 g/mol.